The minimum atomic E-state index is -3.66. The van der Waals surface area contributed by atoms with Crippen molar-refractivity contribution in [2.24, 2.45) is 0 Å². The van der Waals surface area contributed by atoms with E-state index in [0.29, 0.717) is 18.9 Å². The Bertz CT molecular complexity index is 970. The normalized spacial score (nSPS) is 25.1. The first-order valence-corrected chi connectivity index (χ1v) is 13.2. The first-order valence-electron chi connectivity index (χ1n) is 11.7. The molecule has 2 N–H and O–H groups in total. The van der Waals surface area contributed by atoms with Crippen LogP contribution in [0.2, 0.25) is 0 Å². The van der Waals surface area contributed by atoms with Crippen molar-refractivity contribution in [2.45, 2.75) is 93.9 Å². The van der Waals surface area contributed by atoms with Gasteiger partial charge in [0.1, 0.15) is 0 Å². The largest absolute Gasteiger partial charge is 0.394 e. The molecule has 8 nitrogen and oxygen atoms in total. The van der Waals surface area contributed by atoms with Crippen LogP contribution in [0.25, 0.3) is 0 Å². The van der Waals surface area contributed by atoms with Crippen molar-refractivity contribution in [3.63, 3.8) is 0 Å². The summed E-state index contributed by atoms with van der Waals surface area (Å²) in [4.78, 5) is 0.224. The molecule has 4 rings (SSSR count). The molecule has 9 heteroatoms. The van der Waals surface area contributed by atoms with E-state index in [0.717, 1.165) is 24.1 Å². The van der Waals surface area contributed by atoms with E-state index in [1.165, 1.54) is 32.1 Å². The lowest BCUT2D eigenvalue weighted by atomic mass is 9.87. The zero-order chi connectivity index (χ0) is 22.6. The minimum Gasteiger partial charge on any atom is -0.394 e. The van der Waals surface area contributed by atoms with E-state index >= 15 is 0 Å². The predicted octanol–water partition coefficient (Wildman–Crippen LogP) is 2.91. The predicted molar refractivity (Wildman–Crippen MR) is 121 cm³/mol. The van der Waals surface area contributed by atoms with E-state index in [1.807, 2.05) is 11.6 Å². The van der Waals surface area contributed by atoms with E-state index in [4.69, 9.17) is 4.74 Å². The summed E-state index contributed by atoms with van der Waals surface area (Å²) in [5, 5.41) is 18.5. The van der Waals surface area contributed by atoms with Gasteiger partial charge in [-0.05, 0) is 51.2 Å². The molecule has 0 unspecified atom stereocenters. The highest BCUT2D eigenvalue weighted by Gasteiger charge is 2.34. The highest BCUT2D eigenvalue weighted by molar-refractivity contribution is 7.89. The van der Waals surface area contributed by atoms with Crippen LogP contribution in [0.15, 0.2) is 35.4 Å². The number of ether oxygens (including phenoxy) is 1. The molecule has 2 aliphatic rings. The van der Waals surface area contributed by atoms with Gasteiger partial charge in [0, 0.05) is 18.7 Å². The maximum absolute atomic E-state index is 12.7. The molecule has 1 saturated carbocycles. The van der Waals surface area contributed by atoms with Crippen LogP contribution < -0.4 is 4.72 Å². The van der Waals surface area contributed by atoms with Crippen LogP contribution in [0.3, 0.4) is 0 Å². The average molecular weight is 463 g/mol. The zero-order valence-electron chi connectivity index (χ0n) is 18.7. The lowest BCUT2D eigenvalue weighted by molar-refractivity contribution is -0.0891. The lowest BCUT2D eigenvalue weighted by Crippen LogP contribution is -2.50. The van der Waals surface area contributed by atoms with Gasteiger partial charge >= 0.3 is 0 Å². The second kappa shape index (κ2) is 10.4. The van der Waals surface area contributed by atoms with Crippen molar-refractivity contribution in [2.75, 3.05) is 6.61 Å². The summed E-state index contributed by atoms with van der Waals surface area (Å²) in [7, 11) is -3.66. The molecule has 2 heterocycles. The van der Waals surface area contributed by atoms with Gasteiger partial charge in [0.2, 0.25) is 10.0 Å². The molecule has 1 saturated heterocycles. The van der Waals surface area contributed by atoms with Gasteiger partial charge in [0.25, 0.3) is 0 Å². The Morgan fingerprint density at radius 3 is 2.59 bits per heavy atom. The van der Waals surface area contributed by atoms with Crippen molar-refractivity contribution >= 4 is 10.0 Å². The summed E-state index contributed by atoms with van der Waals surface area (Å²) < 4.78 is 36.1. The van der Waals surface area contributed by atoms with Gasteiger partial charge in [-0.1, -0.05) is 42.2 Å². The first-order chi connectivity index (χ1) is 15.4. The smallest absolute Gasteiger partial charge is 0.240 e. The Hall–Kier alpha value is -1.81. The Morgan fingerprint density at radius 1 is 1.12 bits per heavy atom. The van der Waals surface area contributed by atoms with Crippen LogP contribution in [-0.2, 0) is 21.3 Å². The van der Waals surface area contributed by atoms with Crippen molar-refractivity contribution in [1.82, 2.24) is 19.7 Å². The molecule has 0 radical (unpaired) electrons. The summed E-state index contributed by atoms with van der Waals surface area (Å²) >= 11 is 0. The summed E-state index contributed by atoms with van der Waals surface area (Å²) in [6, 6.07) is 6.28. The van der Waals surface area contributed by atoms with Crippen LogP contribution in [0.1, 0.15) is 68.5 Å². The van der Waals surface area contributed by atoms with Crippen LogP contribution in [0, 0.1) is 6.92 Å². The first kappa shape index (κ1) is 23.4. The number of aliphatic hydroxyl groups is 1. The molecule has 1 aliphatic carbocycles. The summed E-state index contributed by atoms with van der Waals surface area (Å²) in [5.74, 6) is 0.532. The molecule has 2 aromatic rings. The standard InChI is InChI=1S/C23H34N4O4S/c1-17-7-10-20(11-8-17)32(29,30)25-21-12-9-19(31-23(21)16-28)13-14-27-15-22(24-26-27)18-5-3-2-4-6-18/h7-8,10-11,15,18-19,21,23,25,28H,2-6,9,12-14,16H2,1H3/t19-,21+,23-/m0/s1. The van der Waals surface area contributed by atoms with Gasteiger partial charge in [-0.15, -0.1) is 5.10 Å². The zero-order valence-corrected chi connectivity index (χ0v) is 19.5. The number of nitrogens with one attached hydrogen (secondary N) is 1. The molecule has 176 valence electrons. The van der Waals surface area contributed by atoms with Gasteiger partial charge in [0.05, 0.1) is 35.4 Å². The third kappa shape index (κ3) is 5.75. The number of nitrogens with zero attached hydrogens (tertiary/aromatic N) is 3. The lowest BCUT2D eigenvalue weighted by Gasteiger charge is -2.36. The van der Waals surface area contributed by atoms with E-state index < -0.39 is 22.2 Å². The summed E-state index contributed by atoms with van der Waals surface area (Å²) in [6.45, 7) is 2.38. The Balaban J connectivity index is 1.30. The number of hydrogen-bond acceptors (Lipinski definition) is 6. The van der Waals surface area contributed by atoms with E-state index in [1.54, 1.807) is 24.3 Å². The highest BCUT2D eigenvalue weighted by Crippen LogP contribution is 2.31. The fraction of sp³-hybridized carbons (Fsp3) is 0.652. The fourth-order valence-corrected chi connectivity index (χ4v) is 6.05. The fourth-order valence-electron chi connectivity index (χ4n) is 4.75. The third-order valence-electron chi connectivity index (χ3n) is 6.69. The number of rotatable bonds is 8. The second-order valence-electron chi connectivity index (χ2n) is 9.13. The van der Waals surface area contributed by atoms with Gasteiger partial charge in [-0.25, -0.2) is 13.1 Å². The van der Waals surface area contributed by atoms with Crippen molar-refractivity contribution in [3.8, 4) is 0 Å². The number of hydrogen-bond donors (Lipinski definition) is 2. The summed E-state index contributed by atoms with van der Waals surface area (Å²) in [5.41, 5.74) is 2.09. The van der Waals surface area contributed by atoms with Gasteiger partial charge in [-0.3, -0.25) is 4.68 Å². The number of aromatic nitrogens is 3. The molecule has 3 atom stereocenters. The molecule has 1 aromatic carbocycles. The van der Waals surface area contributed by atoms with Crippen molar-refractivity contribution in [3.05, 3.63) is 41.7 Å². The highest BCUT2D eigenvalue weighted by atomic mass is 32.2. The Labute approximate surface area is 190 Å². The van der Waals surface area contributed by atoms with Crippen LogP contribution in [0.4, 0.5) is 0 Å². The van der Waals surface area contributed by atoms with Crippen molar-refractivity contribution in [1.29, 1.82) is 0 Å². The van der Waals surface area contributed by atoms with E-state index in [9.17, 15) is 13.5 Å². The Morgan fingerprint density at radius 2 is 1.88 bits per heavy atom. The molecular weight excluding hydrogens is 428 g/mol. The average Bonchev–Trinajstić information content (AvgIpc) is 3.28. The molecule has 2 fully saturated rings. The summed E-state index contributed by atoms with van der Waals surface area (Å²) in [6.07, 6.45) is 9.78. The number of aryl methyl sites for hydroxylation is 2. The molecule has 32 heavy (non-hydrogen) atoms. The number of sulfonamides is 1. The van der Waals surface area contributed by atoms with Crippen LogP contribution in [-0.4, -0.2) is 53.4 Å². The monoisotopic (exact) mass is 462 g/mol. The number of benzene rings is 1. The maximum atomic E-state index is 12.7. The molecule has 1 aromatic heterocycles. The van der Waals surface area contributed by atoms with E-state index in [2.05, 4.69) is 21.2 Å². The van der Waals surface area contributed by atoms with Crippen LogP contribution in [0.5, 0.6) is 0 Å². The quantitative estimate of drug-likeness (QED) is 0.625. The SMILES string of the molecule is Cc1ccc(S(=O)(=O)N[C@@H]2CC[C@@H](CCn3cc(C4CCCCC4)nn3)O[C@H]2CO)cc1. The second-order valence-corrected chi connectivity index (χ2v) is 10.8. The van der Waals surface area contributed by atoms with Gasteiger partial charge in [-0.2, -0.15) is 0 Å². The van der Waals surface area contributed by atoms with E-state index in [-0.39, 0.29) is 17.6 Å². The molecule has 1 aliphatic heterocycles. The Kier molecular flexibility index (Phi) is 7.60. The topological polar surface area (TPSA) is 106 Å². The molecular formula is C23H34N4O4S. The minimum absolute atomic E-state index is 0.0467. The third-order valence-corrected chi connectivity index (χ3v) is 8.20. The molecule has 0 amide bonds. The van der Waals surface area contributed by atoms with Gasteiger partial charge in [0.15, 0.2) is 0 Å². The van der Waals surface area contributed by atoms with Crippen LogP contribution >= 0.6 is 0 Å². The molecule has 0 spiro atoms. The van der Waals surface area contributed by atoms with Crippen molar-refractivity contribution < 1.29 is 18.3 Å². The molecule has 0 bridgehead atoms. The number of aliphatic hydroxyl groups excluding tert-OH is 1. The maximum Gasteiger partial charge on any atom is 0.240 e. The van der Waals surface area contributed by atoms with Gasteiger partial charge < -0.3 is 9.84 Å².